The molecule has 1 heterocycles. The summed E-state index contributed by atoms with van der Waals surface area (Å²) < 4.78 is 5.20. The van der Waals surface area contributed by atoms with E-state index < -0.39 is 0 Å². The van der Waals surface area contributed by atoms with Crippen molar-refractivity contribution >= 4 is 21.9 Å². The van der Waals surface area contributed by atoms with Crippen LogP contribution < -0.4 is 0 Å². The fraction of sp³-hybridized carbons (Fsp3) is 0.222. The van der Waals surface area contributed by atoms with Crippen LogP contribution in [0.4, 0.5) is 0 Å². The third-order valence-corrected chi connectivity index (χ3v) is 2.29. The highest BCUT2D eigenvalue weighted by molar-refractivity contribution is 9.10. The summed E-state index contributed by atoms with van der Waals surface area (Å²) in [6, 6.07) is 5.16. The standard InChI is InChI=1S/C9H7BrN2O2/c1-14-9(13)4-8-7(10)3-2-6(5-11)12-8/h2-3H,4H2,1H3. The van der Waals surface area contributed by atoms with Crippen LogP contribution in [0.2, 0.25) is 0 Å². The molecule has 0 aromatic carbocycles. The third-order valence-electron chi connectivity index (χ3n) is 1.57. The minimum Gasteiger partial charge on any atom is -0.469 e. The number of hydrogen-bond donors (Lipinski definition) is 0. The highest BCUT2D eigenvalue weighted by Gasteiger charge is 2.08. The highest BCUT2D eigenvalue weighted by Crippen LogP contribution is 2.15. The Labute approximate surface area is 89.6 Å². The summed E-state index contributed by atoms with van der Waals surface area (Å²) in [6.45, 7) is 0. The van der Waals surface area contributed by atoms with Gasteiger partial charge in [-0.05, 0) is 28.1 Å². The number of aromatic nitrogens is 1. The minimum absolute atomic E-state index is 0.0621. The van der Waals surface area contributed by atoms with Crippen molar-refractivity contribution < 1.29 is 9.53 Å². The zero-order valence-corrected chi connectivity index (χ0v) is 9.04. The first kappa shape index (κ1) is 10.7. The van der Waals surface area contributed by atoms with Crippen molar-refractivity contribution in [2.45, 2.75) is 6.42 Å². The molecule has 0 saturated carbocycles. The Hall–Kier alpha value is -1.41. The van der Waals surface area contributed by atoms with Crippen LogP contribution in [0.25, 0.3) is 0 Å². The van der Waals surface area contributed by atoms with Crippen LogP contribution in [-0.4, -0.2) is 18.1 Å². The lowest BCUT2D eigenvalue weighted by Crippen LogP contribution is -2.07. The number of methoxy groups -OCH3 is 1. The van der Waals surface area contributed by atoms with Crippen molar-refractivity contribution in [3.63, 3.8) is 0 Å². The number of nitrogens with zero attached hydrogens (tertiary/aromatic N) is 2. The molecule has 14 heavy (non-hydrogen) atoms. The summed E-state index contributed by atoms with van der Waals surface area (Å²) in [5.41, 5.74) is 0.794. The number of carbonyl (C=O) groups excluding carboxylic acids is 1. The molecule has 0 N–H and O–H groups in total. The summed E-state index contributed by atoms with van der Waals surface area (Å²) in [7, 11) is 1.31. The Kier molecular flexibility index (Phi) is 3.60. The molecule has 0 bridgehead atoms. The van der Waals surface area contributed by atoms with Gasteiger partial charge >= 0.3 is 5.97 Å². The molecule has 1 aromatic heterocycles. The Morgan fingerprint density at radius 2 is 2.43 bits per heavy atom. The minimum atomic E-state index is -0.381. The van der Waals surface area contributed by atoms with E-state index in [9.17, 15) is 4.79 Å². The average molecular weight is 255 g/mol. The number of halogens is 1. The first-order valence-electron chi connectivity index (χ1n) is 3.79. The molecule has 0 radical (unpaired) electrons. The van der Waals surface area contributed by atoms with Crippen LogP contribution in [0.15, 0.2) is 16.6 Å². The van der Waals surface area contributed by atoms with Crippen LogP contribution in [-0.2, 0) is 16.0 Å². The maximum absolute atomic E-state index is 11.0. The molecular weight excluding hydrogens is 248 g/mol. The summed E-state index contributed by atoms with van der Waals surface area (Å²) in [6.07, 6.45) is 0.0621. The summed E-state index contributed by atoms with van der Waals surface area (Å²) in [5, 5.41) is 8.60. The molecule has 0 aliphatic heterocycles. The lowest BCUT2D eigenvalue weighted by atomic mass is 10.2. The van der Waals surface area contributed by atoms with Crippen LogP contribution >= 0.6 is 15.9 Å². The van der Waals surface area contributed by atoms with Gasteiger partial charge in [-0.2, -0.15) is 5.26 Å². The fourth-order valence-electron chi connectivity index (χ4n) is 0.879. The Bertz CT molecular complexity index is 398. The van der Waals surface area contributed by atoms with E-state index in [1.54, 1.807) is 12.1 Å². The van der Waals surface area contributed by atoms with Crippen molar-refractivity contribution in [2.24, 2.45) is 0 Å². The summed E-state index contributed by atoms with van der Waals surface area (Å²) >= 11 is 3.24. The van der Waals surface area contributed by atoms with Gasteiger partial charge in [0.25, 0.3) is 0 Å². The number of carbonyl (C=O) groups is 1. The summed E-state index contributed by atoms with van der Waals surface area (Å²) in [4.78, 5) is 14.9. The molecule has 0 aliphatic rings. The van der Waals surface area contributed by atoms with Gasteiger partial charge in [0.2, 0.25) is 0 Å². The van der Waals surface area contributed by atoms with E-state index in [2.05, 4.69) is 25.7 Å². The van der Waals surface area contributed by atoms with Gasteiger partial charge < -0.3 is 4.74 Å². The molecule has 1 rings (SSSR count). The van der Waals surface area contributed by atoms with E-state index in [1.807, 2.05) is 6.07 Å². The van der Waals surface area contributed by atoms with Gasteiger partial charge in [-0.3, -0.25) is 4.79 Å². The van der Waals surface area contributed by atoms with Crippen molar-refractivity contribution in [3.8, 4) is 6.07 Å². The molecule has 0 fully saturated rings. The highest BCUT2D eigenvalue weighted by atomic mass is 79.9. The predicted octanol–water partition coefficient (Wildman–Crippen LogP) is 1.43. The van der Waals surface area contributed by atoms with Crippen molar-refractivity contribution in [1.82, 2.24) is 4.98 Å². The third kappa shape index (κ3) is 2.54. The predicted molar refractivity (Wildman–Crippen MR) is 52.4 cm³/mol. The van der Waals surface area contributed by atoms with E-state index in [0.29, 0.717) is 10.2 Å². The largest absolute Gasteiger partial charge is 0.469 e. The van der Waals surface area contributed by atoms with E-state index >= 15 is 0 Å². The number of nitriles is 1. The normalized spacial score (nSPS) is 9.21. The number of ether oxygens (including phenoxy) is 1. The van der Waals surface area contributed by atoms with Gasteiger partial charge in [0.15, 0.2) is 0 Å². The van der Waals surface area contributed by atoms with Crippen molar-refractivity contribution in [3.05, 3.63) is 28.0 Å². The molecule has 1 aromatic rings. The fourth-order valence-corrected chi connectivity index (χ4v) is 1.24. The SMILES string of the molecule is COC(=O)Cc1nc(C#N)ccc1Br. The second-order valence-electron chi connectivity index (χ2n) is 2.49. The summed E-state index contributed by atoms with van der Waals surface area (Å²) in [5.74, 6) is -0.381. The van der Waals surface area contributed by atoms with Gasteiger partial charge in [-0.15, -0.1) is 0 Å². The van der Waals surface area contributed by atoms with Gasteiger partial charge in [-0.1, -0.05) is 0 Å². The molecule has 0 atom stereocenters. The molecule has 0 unspecified atom stereocenters. The number of hydrogen-bond acceptors (Lipinski definition) is 4. The number of pyridine rings is 1. The smallest absolute Gasteiger partial charge is 0.311 e. The maximum atomic E-state index is 11.0. The van der Waals surface area contributed by atoms with Crippen molar-refractivity contribution in [2.75, 3.05) is 7.11 Å². The average Bonchev–Trinajstić information content (AvgIpc) is 2.21. The molecule has 0 aliphatic carbocycles. The first-order valence-corrected chi connectivity index (χ1v) is 4.59. The molecule has 0 amide bonds. The zero-order chi connectivity index (χ0) is 10.6. The van der Waals surface area contributed by atoms with Gasteiger partial charge in [0.05, 0.1) is 19.2 Å². The van der Waals surface area contributed by atoms with Gasteiger partial charge in [-0.25, -0.2) is 4.98 Å². The van der Waals surface area contributed by atoms with Gasteiger partial charge in [0, 0.05) is 4.47 Å². The maximum Gasteiger partial charge on any atom is 0.311 e. The Morgan fingerprint density at radius 3 is 3.00 bits per heavy atom. The molecule has 5 heteroatoms. The Morgan fingerprint density at radius 1 is 1.71 bits per heavy atom. The van der Waals surface area contributed by atoms with Crippen LogP contribution in [0.5, 0.6) is 0 Å². The molecular formula is C9H7BrN2O2. The van der Waals surface area contributed by atoms with Crippen LogP contribution in [0, 0.1) is 11.3 Å². The molecule has 72 valence electrons. The molecule has 0 spiro atoms. The van der Waals surface area contributed by atoms with Crippen LogP contribution in [0.1, 0.15) is 11.4 Å². The van der Waals surface area contributed by atoms with E-state index in [0.717, 1.165) is 0 Å². The zero-order valence-electron chi connectivity index (χ0n) is 7.45. The Balaban J connectivity index is 2.96. The number of rotatable bonds is 2. The van der Waals surface area contributed by atoms with E-state index in [-0.39, 0.29) is 18.1 Å². The van der Waals surface area contributed by atoms with Gasteiger partial charge in [0.1, 0.15) is 11.8 Å². The number of esters is 1. The first-order chi connectivity index (χ1) is 6.67. The molecule has 4 nitrogen and oxygen atoms in total. The van der Waals surface area contributed by atoms with Crippen molar-refractivity contribution in [1.29, 1.82) is 5.26 Å². The second-order valence-corrected chi connectivity index (χ2v) is 3.34. The lowest BCUT2D eigenvalue weighted by Gasteiger charge is -2.01. The molecule has 0 saturated heterocycles. The second kappa shape index (κ2) is 4.72. The van der Waals surface area contributed by atoms with Crippen LogP contribution in [0.3, 0.4) is 0 Å². The quantitative estimate of drug-likeness (QED) is 0.750. The van der Waals surface area contributed by atoms with E-state index in [4.69, 9.17) is 5.26 Å². The topological polar surface area (TPSA) is 63.0 Å². The monoisotopic (exact) mass is 254 g/mol. The lowest BCUT2D eigenvalue weighted by molar-refractivity contribution is -0.139. The van der Waals surface area contributed by atoms with E-state index in [1.165, 1.54) is 7.11 Å².